The van der Waals surface area contributed by atoms with Crippen molar-refractivity contribution >= 4 is 194 Å². The van der Waals surface area contributed by atoms with Crippen LogP contribution in [0.25, 0.3) is 0 Å². The quantitative estimate of drug-likeness (QED) is 0.0435. The number of carbonyl (C=O) groups excluding carboxylic acids is 4. The summed E-state index contributed by atoms with van der Waals surface area (Å²) in [4.78, 5) is 76.7. The smallest absolute Gasteiger partial charge is 0.304 e. The molecule has 22 nitrogen and oxygen atoms in total. The van der Waals surface area contributed by atoms with Crippen molar-refractivity contribution in [3.05, 3.63) is 43.7 Å². The van der Waals surface area contributed by atoms with Crippen molar-refractivity contribution in [2.75, 3.05) is 104 Å². The van der Waals surface area contributed by atoms with Crippen molar-refractivity contribution in [2.24, 2.45) is 0 Å². The lowest BCUT2D eigenvalue weighted by Crippen LogP contribution is -2.38. The van der Waals surface area contributed by atoms with Crippen molar-refractivity contribution in [3.63, 3.8) is 0 Å². The zero-order chi connectivity index (χ0) is 52.2. The number of aliphatic hydroxyl groups excluding tert-OH is 8. The largest absolute Gasteiger partial charge is 0.481 e. The zero-order valence-corrected chi connectivity index (χ0v) is 50.1. The van der Waals surface area contributed by atoms with Crippen LogP contribution in [0.15, 0.2) is 0 Å². The van der Waals surface area contributed by atoms with Gasteiger partial charge in [0.05, 0.1) is 112 Å². The number of hydrogen-bond acceptors (Lipinski definition) is 17. The Morgan fingerprint density at radius 2 is 0.642 bits per heavy atom. The summed E-state index contributed by atoms with van der Waals surface area (Å²) in [5.41, 5.74) is 13.8. The molecule has 4 unspecified atom stereocenters. The summed E-state index contributed by atoms with van der Waals surface area (Å²) in [6.07, 6.45) is -4.14. The van der Waals surface area contributed by atoms with Gasteiger partial charge >= 0.3 is 11.9 Å². The average Bonchev–Trinajstić information content (AvgIpc) is 3.27. The number of rotatable bonds is 22. The van der Waals surface area contributed by atoms with Gasteiger partial charge in [-0.05, 0) is 136 Å². The molecule has 0 saturated heterocycles. The van der Waals surface area contributed by atoms with E-state index < -0.39 is 86.4 Å². The summed E-state index contributed by atoms with van der Waals surface area (Å²) in [7, 11) is 5.92. The molecular formula is C38H54I6N6O16S. The molecule has 0 fully saturated rings. The third kappa shape index (κ3) is 21.1. The van der Waals surface area contributed by atoms with Crippen LogP contribution in [-0.2, 0) is 9.59 Å². The molecule has 4 amide bonds. The minimum Gasteiger partial charge on any atom is -0.481 e. The molecule has 2 aromatic rings. The van der Waals surface area contributed by atoms with Crippen molar-refractivity contribution in [1.82, 2.24) is 19.6 Å². The average molecular weight is 1640 g/mol. The molecule has 2 aromatic carbocycles. The molecule has 0 bridgehead atoms. The standard InChI is InChI=1S/2C16H22I3N3O6.C6H10O4S/c2*1-21(3-7(25)5-23)15(27)9-11(17)10(13(19)14(20)12(9)18)16(28)22(2)4-8(26)6-24;7-5(8)1-3-11-4-2-6(9)10/h2*7-8,23-26H,3-6,20H2,1-2H3;1-4H2,(H,7,8)(H,9,10). The van der Waals surface area contributed by atoms with Gasteiger partial charge in [0.25, 0.3) is 23.6 Å². The predicted molar refractivity (Wildman–Crippen MR) is 300 cm³/mol. The molecule has 0 heterocycles. The van der Waals surface area contributed by atoms with Gasteiger partial charge in [-0.25, -0.2) is 0 Å². The monoisotopic (exact) mass is 1640 g/mol. The second-order valence-corrected chi connectivity index (χ2v) is 21.9. The molecule has 67 heavy (non-hydrogen) atoms. The SMILES string of the molecule is CN(CC(O)CO)C(=O)c1c(I)c(N)c(I)c(C(=O)N(C)CC(O)CO)c1I.CN(CC(O)CO)C(=O)c1c(I)c(N)c(I)c(C(=O)N(C)CC(O)CO)c1I.O=C(O)CCSCCC(=O)O. The van der Waals surface area contributed by atoms with E-state index in [1.54, 1.807) is 0 Å². The van der Waals surface area contributed by atoms with E-state index in [-0.39, 0.29) is 72.6 Å². The summed E-state index contributed by atoms with van der Waals surface area (Å²) in [6.45, 7) is -2.27. The Bertz CT molecular complexity index is 1790. The van der Waals surface area contributed by atoms with E-state index >= 15 is 0 Å². The molecular weight excluding hydrogens is 1590 g/mol. The molecule has 0 radical (unpaired) electrons. The first-order valence-electron chi connectivity index (χ1n) is 19.2. The van der Waals surface area contributed by atoms with E-state index in [9.17, 15) is 49.2 Å². The number of aliphatic hydroxyl groups is 8. The lowest BCUT2D eigenvalue weighted by atomic mass is 10.1. The number of likely N-dealkylation sites (N-methyl/N-ethyl adjacent to an activating group) is 4. The van der Waals surface area contributed by atoms with Gasteiger partial charge < -0.3 is 82.1 Å². The van der Waals surface area contributed by atoms with Crippen LogP contribution in [0.1, 0.15) is 54.3 Å². The third-order valence-electron chi connectivity index (χ3n) is 8.65. The summed E-state index contributed by atoms with van der Waals surface area (Å²) >= 11 is 12.9. The number of halogens is 6. The van der Waals surface area contributed by atoms with Crippen molar-refractivity contribution in [1.29, 1.82) is 0 Å². The van der Waals surface area contributed by atoms with E-state index in [0.717, 1.165) is 0 Å². The van der Waals surface area contributed by atoms with Gasteiger partial charge in [-0.15, -0.1) is 0 Å². The van der Waals surface area contributed by atoms with Crippen molar-refractivity contribution < 1.29 is 79.8 Å². The van der Waals surface area contributed by atoms with Crippen LogP contribution >= 0.6 is 147 Å². The van der Waals surface area contributed by atoms with E-state index in [4.69, 9.17) is 42.1 Å². The Balaban J connectivity index is 0.00000107. The molecule has 14 N–H and O–H groups in total. The highest BCUT2D eigenvalue weighted by Crippen LogP contribution is 2.36. The van der Waals surface area contributed by atoms with Crippen LogP contribution in [0.4, 0.5) is 11.4 Å². The molecule has 0 aliphatic heterocycles. The number of anilines is 2. The van der Waals surface area contributed by atoms with Crippen LogP contribution in [-0.4, -0.2) is 223 Å². The second-order valence-electron chi connectivity index (χ2n) is 14.2. The Hall–Kier alpha value is -0.730. The van der Waals surface area contributed by atoms with Gasteiger partial charge in [0.2, 0.25) is 0 Å². The van der Waals surface area contributed by atoms with Crippen LogP contribution in [0.5, 0.6) is 0 Å². The van der Waals surface area contributed by atoms with Crippen LogP contribution in [0, 0.1) is 21.4 Å². The number of benzene rings is 2. The zero-order valence-electron chi connectivity index (χ0n) is 36.3. The van der Waals surface area contributed by atoms with E-state index in [1.807, 2.05) is 136 Å². The number of carboxylic acids is 2. The first-order chi connectivity index (χ1) is 31.1. The number of nitrogens with two attached hydrogens (primary N) is 2. The minimum atomic E-state index is -1.09. The van der Waals surface area contributed by atoms with Gasteiger partial charge in [0, 0.05) is 73.0 Å². The summed E-state index contributed by atoms with van der Waals surface area (Å²) in [5.74, 6) is -2.49. The van der Waals surface area contributed by atoms with Crippen LogP contribution < -0.4 is 11.5 Å². The Labute approximate surface area is 472 Å². The summed E-state index contributed by atoms with van der Waals surface area (Å²) in [5, 5.41) is 90.8. The van der Waals surface area contributed by atoms with Gasteiger partial charge in [-0.3, -0.25) is 28.8 Å². The number of carbonyl (C=O) groups is 6. The van der Waals surface area contributed by atoms with Gasteiger partial charge in [-0.2, -0.15) is 11.8 Å². The van der Waals surface area contributed by atoms with Gasteiger partial charge in [0.15, 0.2) is 0 Å². The Morgan fingerprint density at radius 1 is 0.448 bits per heavy atom. The molecule has 380 valence electrons. The fraction of sp³-hybridized carbons (Fsp3) is 0.526. The highest BCUT2D eigenvalue weighted by atomic mass is 127. The fourth-order valence-corrected chi connectivity index (χ4v) is 14.1. The van der Waals surface area contributed by atoms with E-state index in [2.05, 4.69) is 0 Å². The molecule has 0 aliphatic carbocycles. The number of hydrogen-bond donors (Lipinski definition) is 12. The lowest BCUT2D eigenvalue weighted by molar-refractivity contribution is -0.137. The highest BCUT2D eigenvalue weighted by Gasteiger charge is 2.32. The molecule has 0 aromatic heterocycles. The first kappa shape index (κ1) is 66.3. The molecule has 2 rings (SSSR count). The molecule has 0 spiro atoms. The molecule has 0 saturated carbocycles. The molecule has 4 atom stereocenters. The van der Waals surface area contributed by atoms with Crippen LogP contribution in [0.2, 0.25) is 0 Å². The summed E-state index contributed by atoms with van der Waals surface area (Å²) < 4.78 is 2.72. The third-order valence-corrected chi connectivity index (χ3v) is 16.3. The number of nitrogens with zero attached hydrogens (tertiary/aromatic N) is 4. The number of carboxylic acid groups (broad SMARTS) is 2. The van der Waals surface area contributed by atoms with Crippen molar-refractivity contribution in [2.45, 2.75) is 37.3 Å². The first-order valence-corrected chi connectivity index (χ1v) is 26.8. The predicted octanol–water partition coefficient (Wildman–Crippen LogP) is 0.535. The Morgan fingerprint density at radius 3 is 0.806 bits per heavy atom. The summed E-state index contributed by atoms with van der Waals surface area (Å²) in [6, 6.07) is 0. The van der Waals surface area contributed by atoms with Gasteiger partial charge in [0.1, 0.15) is 0 Å². The normalized spacial score (nSPS) is 12.6. The maximum Gasteiger partial charge on any atom is 0.304 e. The number of nitrogen functional groups attached to an aromatic ring is 2. The van der Waals surface area contributed by atoms with E-state index in [1.165, 1.54) is 59.6 Å². The number of aliphatic carboxylic acids is 2. The molecule has 0 aliphatic rings. The number of thioether (sulfide) groups is 1. The maximum atomic E-state index is 12.9. The van der Waals surface area contributed by atoms with Gasteiger partial charge in [-0.1, -0.05) is 0 Å². The fourth-order valence-electron chi connectivity index (χ4n) is 5.13. The molecule has 29 heteroatoms. The van der Waals surface area contributed by atoms with Crippen molar-refractivity contribution in [3.8, 4) is 0 Å². The van der Waals surface area contributed by atoms with Crippen LogP contribution in [0.3, 0.4) is 0 Å². The minimum absolute atomic E-state index is 0.0841. The lowest BCUT2D eigenvalue weighted by Gasteiger charge is -2.25. The topological polar surface area (TPSA) is 370 Å². The second kappa shape index (κ2) is 33.1. The number of amides is 4. The Kier molecular flexibility index (Phi) is 32.7. The van der Waals surface area contributed by atoms with E-state index in [0.29, 0.717) is 32.9 Å². The maximum absolute atomic E-state index is 12.9. The highest BCUT2D eigenvalue weighted by molar-refractivity contribution is 14.1.